The van der Waals surface area contributed by atoms with Crippen molar-refractivity contribution < 1.29 is 9.90 Å². The maximum atomic E-state index is 12.4. The van der Waals surface area contributed by atoms with Crippen molar-refractivity contribution in [2.75, 3.05) is 39.0 Å². The Morgan fingerprint density at radius 1 is 1.50 bits per heavy atom. The fraction of sp³-hybridized carbons (Fsp3) is 0.562. The number of nitrogens with one attached hydrogen (secondary N) is 1. The van der Waals surface area contributed by atoms with Crippen molar-refractivity contribution in [3.8, 4) is 0 Å². The van der Waals surface area contributed by atoms with Crippen molar-refractivity contribution in [2.24, 2.45) is 0 Å². The Kier molecular flexibility index (Phi) is 5.32. The zero-order valence-electron chi connectivity index (χ0n) is 13.4. The van der Waals surface area contributed by atoms with Crippen LogP contribution in [0.4, 0.5) is 10.5 Å². The molecule has 0 bridgehead atoms. The van der Waals surface area contributed by atoms with Gasteiger partial charge in [0.15, 0.2) is 0 Å². The minimum Gasteiger partial charge on any atom is -0.387 e. The molecule has 0 aromatic heterocycles. The van der Waals surface area contributed by atoms with Gasteiger partial charge in [-0.3, -0.25) is 0 Å². The number of hydrogen-bond acceptors (Lipinski definition) is 3. The summed E-state index contributed by atoms with van der Waals surface area (Å²) in [5.74, 6) is 0. The van der Waals surface area contributed by atoms with E-state index in [1.807, 2.05) is 32.0 Å². The molecule has 1 heterocycles. The molecule has 0 unspecified atom stereocenters. The number of nitrogens with zero attached hydrogens (tertiary/aromatic N) is 2. The zero-order chi connectivity index (χ0) is 16.3. The zero-order valence-corrected chi connectivity index (χ0v) is 14.2. The second kappa shape index (κ2) is 6.86. The van der Waals surface area contributed by atoms with Crippen molar-refractivity contribution in [3.63, 3.8) is 0 Å². The maximum Gasteiger partial charge on any atom is 0.321 e. The average Bonchev–Trinajstić information content (AvgIpc) is 2.41. The summed E-state index contributed by atoms with van der Waals surface area (Å²) in [6.07, 6.45) is 1.52. The minimum absolute atomic E-state index is 0.182. The number of amides is 2. The van der Waals surface area contributed by atoms with E-state index < -0.39 is 5.60 Å². The molecule has 122 valence electrons. The van der Waals surface area contributed by atoms with E-state index in [-0.39, 0.29) is 6.03 Å². The first-order chi connectivity index (χ1) is 10.3. The molecular weight excluding hydrogens is 302 g/mol. The number of likely N-dealkylation sites (tertiary alicyclic amines) is 1. The normalized spacial score (nSPS) is 22.0. The number of carbonyl (C=O) groups excluding carboxylic acids is 1. The number of rotatable bonds is 3. The molecule has 2 amide bonds. The van der Waals surface area contributed by atoms with Gasteiger partial charge in [-0.2, -0.15) is 0 Å². The van der Waals surface area contributed by atoms with Crippen LogP contribution in [0.2, 0.25) is 5.02 Å². The van der Waals surface area contributed by atoms with Gasteiger partial charge < -0.3 is 20.2 Å². The van der Waals surface area contributed by atoms with Crippen LogP contribution in [0.25, 0.3) is 0 Å². The molecule has 5 nitrogen and oxygen atoms in total. The third-order valence-electron chi connectivity index (χ3n) is 3.86. The number of likely N-dealkylation sites (N-methyl/N-ethyl adjacent to an activating group) is 1. The quantitative estimate of drug-likeness (QED) is 0.898. The molecule has 1 aromatic carbocycles. The minimum atomic E-state index is -0.838. The monoisotopic (exact) mass is 325 g/mol. The first-order valence-electron chi connectivity index (χ1n) is 7.48. The summed E-state index contributed by atoms with van der Waals surface area (Å²) < 4.78 is 0. The molecule has 1 aliphatic heterocycles. The summed E-state index contributed by atoms with van der Waals surface area (Å²) in [5.41, 5.74) is 0.797. The van der Waals surface area contributed by atoms with Crippen LogP contribution in [-0.2, 0) is 0 Å². The van der Waals surface area contributed by atoms with Gasteiger partial charge in [-0.1, -0.05) is 11.6 Å². The summed E-state index contributed by atoms with van der Waals surface area (Å²) in [5, 5.41) is 14.2. The summed E-state index contributed by atoms with van der Waals surface area (Å²) in [6, 6.07) is 5.21. The summed E-state index contributed by atoms with van der Waals surface area (Å²) in [4.78, 5) is 16.0. The third kappa shape index (κ3) is 4.35. The van der Waals surface area contributed by atoms with E-state index in [0.29, 0.717) is 30.3 Å². The van der Waals surface area contributed by atoms with E-state index in [2.05, 4.69) is 5.32 Å². The van der Waals surface area contributed by atoms with Crippen LogP contribution in [0.15, 0.2) is 18.2 Å². The Morgan fingerprint density at radius 2 is 2.23 bits per heavy atom. The van der Waals surface area contributed by atoms with Crippen molar-refractivity contribution in [1.82, 2.24) is 9.80 Å². The molecule has 0 radical (unpaired) electrons. The number of β-amino-alcohol motifs (C(OH)–C–C–N with tert-alkyl or cyclic N) is 1. The molecular formula is C16H24ClN3O2. The van der Waals surface area contributed by atoms with E-state index in [1.165, 1.54) is 0 Å². The number of carbonyl (C=O) groups is 1. The molecule has 0 saturated carbocycles. The lowest BCUT2D eigenvalue weighted by Gasteiger charge is -2.40. The first kappa shape index (κ1) is 17.1. The number of aliphatic hydroxyl groups is 1. The van der Waals surface area contributed by atoms with Crippen LogP contribution in [0.3, 0.4) is 0 Å². The second-order valence-electron chi connectivity index (χ2n) is 6.38. The average molecular weight is 326 g/mol. The van der Waals surface area contributed by atoms with E-state index in [1.54, 1.807) is 17.0 Å². The topological polar surface area (TPSA) is 55.8 Å². The van der Waals surface area contributed by atoms with Crippen LogP contribution in [0.1, 0.15) is 18.4 Å². The molecule has 22 heavy (non-hydrogen) atoms. The Bertz CT molecular complexity index is 550. The van der Waals surface area contributed by atoms with Crippen LogP contribution < -0.4 is 5.32 Å². The number of urea groups is 1. The van der Waals surface area contributed by atoms with Gasteiger partial charge in [0.1, 0.15) is 0 Å². The largest absolute Gasteiger partial charge is 0.387 e. The third-order valence-corrected chi connectivity index (χ3v) is 4.29. The number of aryl methyl sites for hydroxylation is 1. The van der Waals surface area contributed by atoms with Gasteiger partial charge in [0.2, 0.25) is 0 Å². The molecule has 2 N–H and O–H groups in total. The SMILES string of the molecule is Cc1cc(NC(=O)N2CCC[C@@](O)(CN(C)C)C2)ccc1Cl. The van der Waals surface area contributed by atoms with Gasteiger partial charge in [-0.05, 0) is 57.6 Å². The Hall–Kier alpha value is -1.30. The van der Waals surface area contributed by atoms with Crippen molar-refractivity contribution >= 4 is 23.3 Å². The second-order valence-corrected chi connectivity index (χ2v) is 6.79. The number of piperidine rings is 1. The van der Waals surface area contributed by atoms with E-state index >= 15 is 0 Å². The van der Waals surface area contributed by atoms with Gasteiger partial charge in [0, 0.05) is 23.8 Å². The van der Waals surface area contributed by atoms with Crippen LogP contribution in [0, 0.1) is 6.92 Å². The molecule has 1 aromatic rings. The highest BCUT2D eigenvalue weighted by molar-refractivity contribution is 6.31. The molecule has 0 spiro atoms. The Morgan fingerprint density at radius 3 is 2.86 bits per heavy atom. The van der Waals surface area contributed by atoms with Crippen molar-refractivity contribution in [2.45, 2.75) is 25.4 Å². The van der Waals surface area contributed by atoms with Gasteiger partial charge >= 0.3 is 6.03 Å². The molecule has 0 aliphatic carbocycles. The predicted molar refractivity (Wildman–Crippen MR) is 89.5 cm³/mol. The standard InChI is InChI=1S/C16H24ClN3O2/c1-12-9-13(5-6-14(12)17)18-15(21)20-8-4-7-16(22,11-20)10-19(2)3/h5-6,9,22H,4,7-8,10-11H2,1-3H3,(H,18,21)/t16-/m1/s1. The Balaban J connectivity index is 2.01. The van der Waals surface area contributed by atoms with Crippen molar-refractivity contribution in [3.05, 3.63) is 28.8 Å². The number of benzene rings is 1. The molecule has 1 atom stereocenters. The lowest BCUT2D eigenvalue weighted by atomic mass is 9.92. The lowest BCUT2D eigenvalue weighted by Crippen LogP contribution is -2.55. The molecule has 1 fully saturated rings. The number of halogens is 1. The van der Waals surface area contributed by atoms with E-state index in [4.69, 9.17) is 11.6 Å². The highest BCUT2D eigenvalue weighted by Crippen LogP contribution is 2.24. The highest BCUT2D eigenvalue weighted by atomic mass is 35.5. The van der Waals surface area contributed by atoms with Crippen molar-refractivity contribution in [1.29, 1.82) is 0 Å². The number of anilines is 1. The fourth-order valence-corrected chi connectivity index (χ4v) is 3.05. The highest BCUT2D eigenvalue weighted by Gasteiger charge is 2.35. The van der Waals surface area contributed by atoms with Gasteiger partial charge in [0.25, 0.3) is 0 Å². The molecule has 1 aliphatic rings. The number of hydrogen-bond donors (Lipinski definition) is 2. The molecule has 1 saturated heterocycles. The van der Waals surface area contributed by atoms with Crippen LogP contribution >= 0.6 is 11.6 Å². The smallest absolute Gasteiger partial charge is 0.321 e. The summed E-state index contributed by atoms with van der Waals surface area (Å²) in [6.45, 7) is 3.46. The van der Waals surface area contributed by atoms with E-state index in [0.717, 1.165) is 18.4 Å². The maximum absolute atomic E-state index is 12.4. The molecule has 2 rings (SSSR count). The Labute approximate surface area is 136 Å². The van der Waals surface area contributed by atoms with Crippen LogP contribution in [0.5, 0.6) is 0 Å². The lowest BCUT2D eigenvalue weighted by molar-refractivity contribution is -0.0333. The van der Waals surface area contributed by atoms with E-state index in [9.17, 15) is 9.90 Å². The summed E-state index contributed by atoms with van der Waals surface area (Å²) in [7, 11) is 3.85. The van der Waals surface area contributed by atoms with Gasteiger partial charge in [-0.25, -0.2) is 4.79 Å². The predicted octanol–water partition coefficient (Wildman–Crippen LogP) is 2.57. The van der Waals surface area contributed by atoms with Gasteiger partial charge in [0.05, 0.1) is 12.1 Å². The summed E-state index contributed by atoms with van der Waals surface area (Å²) >= 11 is 5.99. The molecule has 6 heteroatoms. The first-order valence-corrected chi connectivity index (χ1v) is 7.86. The fourth-order valence-electron chi connectivity index (χ4n) is 2.93. The van der Waals surface area contributed by atoms with Gasteiger partial charge in [-0.15, -0.1) is 0 Å². The van der Waals surface area contributed by atoms with Crippen LogP contribution in [-0.4, -0.2) is 60.3 Å².